The van der Waals surface area contributed by atoms with E-state index in [2.05, 4.69) is 14.9 Å². The molecule has 2 bridgehead atoms. The maximum absolute atomic E-state index is 15.1. The minimum atomic E-state index is -0.473. The number of anilines is 1. The number of nitrogens with one attached hydrogen (secondary N) is 2. The Labute approximate surface area is 251 Å². The molecule has 2 aromatic carbocycles. The minimum Gasteiger partial charge on any atom is -0.450 e. The van der Waals surface area contributed by atoms with Gasteiger partial charge in [-0.05, 0) is 75.3 Å². The Morgan fingerprint density at radius 2 is 1.98 bits per heavy atom. The second-order valence-corrected chi connectivity index (χ2v) is 12.9. The lowest BCUT2D eigenvalue weighted by molar-refractivity contribution is -0.117. The van der Waals surface area contributed by atoms with Crippen molar-refractivity contribution in [3.8, 4) is 0 Å². The highest BCUT2D eigenvalue weighted by Crippen LogP contribution is 2.40. The van der Waals surface area contributed by atoms with E-state index in [0.29, 0.717) is 67.3 Å². The average Bonchev–Trinajstić information content (AvgIpc) is 3.16. The van der Waals surface area contributed by atoms with E-state index in [4.69, 9.17) is 16.3 Å². The predicted octanol–water partition coefficient (Wildman–Crippen LogP) is 6.02. The molecule has 2 amide bonds. The fraction of sp³-hybridized carbons (Fsp3) is 0.548. The van der Waals surface area contributed by atoms with E-state index in [-0.39, 0.29) is 24.2 Å². The van der Waals surface area contributed by atoms with Crippen molar-refractivity contribution in [2.45, 2.75) is 69.4 Å². The first kappa shape index (κ1) is 30.1. The van der Waals surface area contributed by atoms with Gasteiger partial charge in [-0.3, -0.25) is 4.79 Å². The number of piperidine rings is 1. The third-order valence-electron chi connectivity index (χ3n) is 8.73. The number of amides is 2. The number of halogens is 2. The third kappa shape index (κ3) is 7.37. The van der Waals surface area contributed by atoms with Crippen molar-refractivity contribution in [3.63, 3.8) is 0 Å². The van der Waals surface area contributed by atoms with Gasteiger partial charge in [0.05, 0.1) is 6.61 Å². The van der Waals surface area contributed by atoms with Gasteiger partial charge >= 0.3 is 6.09 Å². The van der Waals surface area contributed by atoms with Gasteiger partial charge in [-0.2, -0.15) is 0 Å². The summed E-state index contributed by atoms with van der Waals surface area (Å²) in [5.41, 5.74) is 1.63. The van der Waals surface area contributed by atoms with Crippen LogP contribution in [0.1, 0.15) is 56.6 Å². The molecule has 10 heteroatoms. The van der Waals surface area contributed by atoms with Crippen LogP contribution in [-0.4, -0.2) is 71.8 Å². The van der Waals surface area contributed by atoms with Gasteiger partial charge in [0.25, 0.3) is 0 Å². The van der Waals surface area contributed by atoms with Gasteiger partial charge in [0, 0.05) is 72.1 Å². The largest absolute Gasteiger partial charge is 0.450 e. The lowest BCUT2D eigenvalue weighted by Crippen LogP contribution is -2.53. The Morgan fingerprint density at radius 3 is 2.73 bits per heavy atom. The molecule has 3 aliphatic heterocycles. The molecule has 2 aromatic rings. The van der Waals surface area contributed by atoms with Crippen LogP contribution in [0.4, 0.5) is 14.9 Å². The molecule has 0 aliphatic carbocycles. The number of ether oxygens (including phenoxy) is 1. The quantitative estimate of drug-likeness (QED) is 0.360. The fourth-order valence-electron chi connectivity index (χ4n) is 6.39. The number of rotatable bonds is 8. The predicted molar refractivity (Wildman–Crippen MR) is 163 cm³/mol. The monoisotopic (exact) mass is 602 g/mol. The van der Waals surface area contributed by atoms with Crippen LogP contribution < -0.4 is 10.6 Å². The van der Waals surface area contributed by atoms with Crippen LogP contribution >= 0.6 is 23.5 Å². The van der Waals surface area contributed by atoms with E-state index < -0.39 is 5.41 Å². The van der Waals surface area contributed by atoms with E-state index in [1.54, 1.807) is 24.0 Å². The highest BCUT2D eigenvalue weighted by molar-refractivity contribution is 7.97. The zero-order valence-corrected chi connectivity index (χ0v) is 25.2. The van der Waals surface area contributed by atoms with Crippen LogP contribution in [0.2, 0.25) is 5.02 Å². The van der Waals surface area contributed by atoms with Gasteiger partial charge in [0.1, 0.15) is 5.82 Å². The number of benzene rings is 2. The summed E-state index contributed by atoms with van der Waals surface area (Å²) in [6.07, 6.45) is 4.90. The number of hydrogen-bond donors (Lipinski definition) is 2. The molecule has 3 fully saturated rings. The molecule has 3 atom stereocenters. The Kier molecular flexibility index (Phi) is 10.1. The summed E-state index contributed by atoms with van der Waals surface area (Å²) in [5.74, 6) is 0.674. The summed E-state index contributed by atoms with van der Waals surface area (Å²) < 4.78 is 22.8. The van der Waals surface area contributed by atoms with Crippen molar-refractivity contribution >= 4 is 41.2 Å². The van der Waals surface area contributed by atoms with Crippen LogP contribution in [0.3, 0.4) is 0 Å². The Bertz CT molecular complexity index is 1210. The van der Waals surface area contributed by atoms with Crippen LogP contribution in [0.15, 0.2) is 42.5 Å². The first-order valence-electron chi connectivity index (χ1n) is 14.7. The highest BCUT2D eigenvalue weighted by Gasteiger charge is 2.40. The summed E-state index contributed by atoms with van der Waals surface area (Å²) in [4.78, 5) is 27.6. The molecule has 41 heavy (non-hydrogen) atoms. The summed E-state index contributed by atoms with van der Waals surface area (Å²) in [6.45, 7) is 5.02. The van der Waals surface area contributed by atoms with Gasteiger partial charge in [-0.15, -0.1) is 0 Å². The number of carbonyl (C=O) groups is 2. The van der Waals surface area contributed by atoms with Gasteiger partial charge in [0.2, 0.25) is 5.91 Å². The molecule has 3 heterocycles. The van der Waals surface area contributed by atoms with Gasteiger partial charge in [0.15, 0.2) is 0 Å². The Balaban J connectivity index is 1.28. The van der Waals surface area contributed by atoms with Gasteiger partial charge < -0.3 is 20.3 Å². The molecule has 222 valence electrons. The number of piperazine rings is 1. The first-order chi connectivity index (χ1) is 19.9. The molecule has 2 unspecified atom stereocenters. The van der Waals surface area contributed by atoms with E-state index in [0.717, 1.165) is 30.8 Å². The number of nitrogens with zero attached hydrogens (tertiary/aromatic N) is 2. The molecule has 0 aromatic heterocycles. The Hall–Kier alpha value is -2.33. The molecule has 3 saturated heterocycles. The molecular formula is C31H40ClFN4O3S. The van der Waals surface area contributed by atoms with E-state index in [1.807, 2.05) is 36.2 Å². The zero-order chi connectivity index (χ0) is 28.8. The van der Waals surface area contributed by atoms with Crippen LogP contribution in [0.25, 0.3) is 0 Å². The fourth-order valence-corrected chi connectivity index (χ4v) is 7.72. The summed E-state index contributed by atoms with van der Waals surface area (Å²) in [6, 6.07) is 13.4. The van der Waals surface area contributed by atoms with Crippen molar-refractivity contribution < 1.29 is 18.7 Å². The van der Waals surface area contributed by atoms with Crippen LogP contribution in [-0.2, 0) is 21.4 Å². The number of carbonyl (C=O) groups excluding carboxylic acids is 2. The summed E-state index contributed by atoms with van der Waals surface area (Å²) in [7, 11) is 0. The molecule has 5 rings (SSSR count). The van der Waals surface area contributed by atoms with Crippen molar-refractivity contribution in [3.05, 3.63) is 64.4 Å². The lowest BCUT2D eigenvalue weighted by Gasteiger charge is -2.41. The standard InChI is InChI=1S/C31H40ClFN4O3S/c1-2-40-30(39)36-16-14-31(15-17-36,22-8-10-23(32)11-9-22)19-29(38)35-28-7-3-6-27(33)26(28)13-12-25-20-34-24-5-4-18-41-37(25)21-24/h3,6-11,24-25,34H,2,4-5,12-21H2,1H3,(H,35,38)/t24-,25?/m1/s1. The molecular weight excluding hydrogens is 563 g/mol. The summed E-state index contributed by atoms with van der Waals surface area (Å²) >= 11 is 8.08. The van der Waals surface area contributed by atoms with Crippen molar-refractivity contribution in [1.29, 1.82) is 0 Å². The molecule has 0 spiro atoms. The first-order valence-corrected chi connectivity index (χ1v) is 16.1. The maximum Gasteiger partial charge on any atom is 0.409 e. The molecule has 0 radical (unpaired) electrons. The average molecular weight is 603 g/mol. The van der Waals surface area contributed by atoms with Gasteiger partial charge in [-0.1, -0.05) is 41.7 Å². The third-order valence-corrected chi connectivity index (χ3v) is 10.2. The zero-order valence-electron chi connectivity index (χ0n) is 23.7. The molecule has 3 aliphatic rings. The van der Waals surface area contributed by atoms with E-state index in [9.17, 15) is 9.59 Å². The molecule has 2 N–H and O–H groups in total. The van der Waals surface area contributed by atoms with Crippen LogP contribution in [0.5, 0.6) is 0 Å². The SMILES string of the molecule is CCOC(=O)N1CCC(CC(=O)Nc2cccc(F)c2CCC2CN[C@@H]3CCCSN2C3)(c2ccc(Cl)cc2)CC1. The second kappa shape index (κ2) is 13.8. The van der Waals surface area contributed by atoms with Crippen molar-refractivity contribution in [2.75, 3.05) is 43.9 Å². The van der Waals surface area contributed by atoms with Crippen LogP contribution in [0, 0.1) is 5.82 Å². The van der Waals surface area contributed by atoms with Crippen molar-refractivity contribution in [1.82, 2.24) is 14.5 Å². The molecule has 7 nitrogen and oxygen atoms in total. The number of fused-ring (bicyclic) bond motifs is 2. The Morgan fingerprint density at radius 1 is 1.20 bits per heavy atom. The van der Waals surface area contributed by atoms with Gasteiger partial charge in [-0.25, -0.2) is 13.5 Å². The smallest absolute Gasteiger partial charge is 0.409 e. The minimum absolute atomic E-state index is 0.165. The highest BCUT2D eigenvalue weighted by atomic mass is 35.5. The number of hydrogen-bond acceptors (Lipinski definition) is 6. The normalized spacial score (nSPS) is 23.9. The van der Waals surface area contributed by atoms with E-state index >= 15 is 4.39 Å². The van der Waals surface area contributed by atoms with E-state index in [1.165, 1.54) is 18.9 Å². The molecule has 0 saturated carbocycles. The maximum atomic E-state index is 15.1. The lowest BCUT2D eigenvalue weighted by atomic mass is 9.70. The number of likely N-dealkylation sites (tertiary alicyclic amines) is 1. The van der Waals surface area contributed by atoms with Crippen molar-refractivity contribution in [2.24, 2.45) is 0 Å². The second-order valence-electron chi connectivity index (χ2n) is 11.3. The topological polar surface area (TPSA) is 73.9 Å². The summed E-state index contributed by atoms with van der Waals surface area (Å²) in [5, 5.41) is 7.35.